The van der Waals surface area contributed by atoms with E-state index in [1.54, 1.807) is 6.07 Å². The number of primary amides is 1. The molecule has 3 rings (SSSR count). The van der Waals surface area contributed by atoms with E-state index >= 15 is 0 Å². The van der Waals surface area contributed by atoms with Crippen molar-refractivity contribution in [2.24, 2.45) is 5.73 Å². The highest BCUT2D eigenvalue weighted by molar-refractivity contribution is 7.24. The number of carbonyl (C=O) groups excluding carboxylic acids is 2. The zero-order chi connectivity index (χ0) is 22.0. The maximum atomic E-state index is 12.9. The Hall–Kier alpha value is -2.32. The summed E-state index contributed by atoms with van der Waals surface area (Å²) in [7, 11) is 0. The van der Waals surface area contributed by atoms with Crippen molar-refractivity contribution in [1.82, 2.24) is 4.90 Å². The van der Waals surface area contributed by atoms with Crippen LogP contribution in [-0.4, -0.2) is 34.9 Å². The Labute approximate surface area is 188 Å². The summed E-state index contributed by atoms with van der Waals surface area (Å²) in [5.74, 6) is -1.40. The smallest absolute Gasteiger partial charge is 0.256 e. The van der Waals surface area contributed by atoms with Gasteiger partial charge in [-0.15, -0.1) is 11.3 Å². The van der Waals surface area contributed by atoms with E-state index in [0.717, 1.165) is 36.5 Å². The lowest BCUT2D eigenvalue weighted by atomic mass is 10.1. The van der Waals surface area contributed by atoms with Crippen molar-refractivity contribution in [2.45, 2.75) is 20.4 Å². The summed E-state index contributed by atoms with van der Waals surface area (Å²) >= 11 is 13.2. The van der Waals surface area contributed by atoms with Crippen molar-refractivity contribution in [2.75, 3.05) is 18.4 Å². The van der Waals surface area contributed by atoms with Crippen molar-refractivity contribution in [1.29, 1.82) is 0 Å². The molecule has 0 aliphatic heterocycles. The van der Waals surface area contributed by atoms with Crippen molar-refractivity contribution in [3.05, 3.63) is 57.1 Å². The van der Waals surface area contributed by atoms with E-state index < -0.39 is 5.91 Å². The predicted octanol–water partition coefficient (Wildman–Crippen LogP) is 5.11. The number of hydrogen-bond donors (Lipinski definition) is 3. The van der Waals surface area contributed by atoms with Crippen LogP contribution in [0.2, 0.25) is 10.0 Å². The molecule has 0 spiro atoms. The molecule has 0 saturated heterocycles. The van der Waals surface area contributed by atoms with Crippen LogP contribution in [0.5, 0.6) is 5.75 Å². The van der Waals surface area contributed by atoms with Gasteiger partial charge in [0.25, 0.3) is 11.8 Å². The van der Waals surface area contributed by atoms with Crippen molar-refractivity contribution >= 4 is 61.4 Å². The summed E-state index contributed by atoms with van der Waals surface area (Å²) < 4.78 is 0.415. The van der Waals surface area contributed by atoms with E-state index in [2.05, 4.69) is 24.1 Å². The van der Waals surface area contributed by atoms with Gasteiger partial charge in [-0.2, -0.15) is 0 Å². The number of thiophene rings is 1. The maximum Gasteiger partial charge on any atom is 0.256 e. The highest BCUT2D eigenvalue weighted by atomic mass is 35.5. The van der Waals surface area contributed by atoms with Gasteiger partial charge in [-0.05, 0) is 36.9 Å². The molecule has 9 heteroatoms. The molecule has 30 heavy (non-hydrogen) atoms. The molecule has 2 aromatic carbocycles. The van der Waals surface area contributed by atoms with Crippen LogP contribution in [0.3, 0.4) is 0 Å². The van der Waals surface area contributed by atoms with Gasteiger partial charge in [0.15, 0.2) is 5.75 Å². The minimum Gasteiger partial charge on any atom is -0.505 e. The van der Waals surface area contributed by atoms with Gasteiger partial charge >= 0.3 is 0 Å². The van der Waals surface area contributed by atoms with E-state index in [-0.39, 0.29) is 32.3 Å². The van der Waals surface area contributed by atoms with Crippen molar-refractivity contribution in [3.8, 4) is 5.75 Å². The number of nitrogens with two attached hydrogens (primary N) is 1. The first kappa shape index (κ1) is 22.4. The summed E-state index contributed by atoms with van der Waals surface area (Å²) in [5.41, 5.74) is 7.12. The number of phenols is 1. The second kappa shape index (κ2) is 9.22. The van der Waals surface area contributed by atoms with E-state index in [0.29, 0.717) is 15.6 Å². The Kier molecular flexibility index (Phi) is 6.88. The topological polar surface area (TPSA) is 95.7 Å². The Bertz CT molecular complexity index is 1130. The summed E-state index contributed by atoms with van der Waals surface area (Å²) in [6, 6.07) is 8.72. The number of halogens is 2. The molecule has 1 aromatic heterocycles. The first-order chi connectivity index (χ1) is 14.3. The summed E-state index contributed by atoms with van der Waals surface area (Å²) in [6.07, 6.45) is 0. The standard InChI is InChI=1S/C21H21Cl2N3O3S/c1-3-26(4-2)10-11-6-5-7-12(8-11)20(29)25-21-15(19(24)28)13-9-14(22)17(27)16(23)18(13)30-21/h5-9,27H,3-4,10H2,1-2H3,(H2,24,28)(H,25,29). The van der Waals surface area contributed by atoms with E-state index in [1.165, 1.54) is 6.07 Å². The number of aromatic hydroxyl groups is 1. The van der Waals surface area contributed by atoms with Crippen LogP contribution < -0.4 is 11.1 Å². The molecule has 3 aromatic rings. The fraction of sp³-hybridized carbons (Fsp3) is 0.238. The summed E-state index contributed by atoms with van der Waals surface area (Å²) in [5, 5.41) is 13.4. The fourth-order valence-corrected chi connectivity index (χ4v) is 4.87. The minimum atomic E-state index is -0.732. The number of anilines is 1. The number of fused-ring (bicyclic) bond motifs is 1. The molecule has 0 bridgehead atoms. The average Bonchev–Trinajstić information content (AvgIpc) is 3.08. The average molecular weight is 466 g/mol. The zero-order valence-corrected chi connectivity index (χ0v) is 18.8. The summed E-state index contributed by atoms with van der Waals surface area (Å²) in [6.45, 7) is 6.72. The molecule has 0 atom stereocenters. The lowest BCUT2D eigenvalue weighted by Gasteiger charge is -2.18. The molecule has 0 fully saturated rings. The molecular weight excluding hydrogens is 445 g/mol. The molecule has 2 amide bonds. The number of amides is 2. The van der Waals surface area contributed by atoms with Crippen molar-refractivity contribution in [3.63, 3.8) is 0 Å². The van der Waals surface area contributed by atoms with Gasteiger partial charge in [0.05, 0.1) is 15.3 Å². The molecule has 0 radical (unpaired) electrons. The lowest BCUT2D eigenvalue weighted by Crippen LogP contribution is -2.22. The third-order valence-corrected chi connectivity index (χ3v) is 6.72. The second-order valence-corrected chi connectivity index (χ2v) is 8.49. The molecule has 0 saturated carbocycles. The van der Waals surface area contributed by atoms with Gasteiger partial charge in [-0.3, -0.25) is 14.5 Å². The fourth-order valence-electron chi connectivity index (χ4n) is 3.18. The largest absolute Gasteiger partial charge is 0.505 e. The van der Waals surface area contributed by atoms with Crippen LogP contribution in [-0.2, 0) is 6.54 Å². The van der Waals surface area contributed by atoms with Gasteiger partial charge in [-0.25, -0.2) is 0 Å². The Balaban J connectivity index is 1.96. The second-order valence-electron chi connectivity index (χ2n) is 6.68. The highest BCUT2D eigenvalue weighted by Gasteiger charge is 2.23. The van der Waals surface area contributed by atoms with Crippen LogP contribution in [0, 0.1) is 0 Å². The number of nitrogens with one attached hydrogen (secondary N) is 1. The number of phenolic OH excluding ortho intramolecular Hbond substituents is 1. The molecule has 1 heterocycles. The molecule has 158 valence electrons. The predicted molar refractivity (Wildman–Crippen MR) is 123 cm³/mol. The molecule has 0 unspecified atom stereocenters. The molecule has 0 aliphatic rings. The van der Waals surface area contributed by atoms with Crippen LogP contribution >= 0.6 is 34.5 Å². The molecule has 6 nitrogen and oxygen atoms in total. The molecule has 0 aliphatic carbocycles. The Morgan fingerprint density at radius 3 is 2.53 bits per heavy atom. The van der Waals surface area contributed by atoms with Gasteiger partial charge in [0.1, 0.15) is 10.0 Å². The molecule has 4 N–H and O–H groups in total. The monoisotopic (exact) mass is 465 g/mol. The first-order valence-electron chi connectivity index (χ1n) is 9.32. The quantitative estimate of drug-likeness (QED) is 0.451. The third kappa shape index (κ3) is 4.39. The number of hydrogen-bond acceptors (Lipinski definition) is 5. The Morgan fingerprint density at radius 1 is 1.20 bits per heavy atom. The normalized spacial score (nSPS) is 11.2. The van der Waals surface area contributed by atoms with Crippen LogP contribution in [0.25, 0.3) is 10.1 Å². The van der Waals surface area contributed by atoms with Gasteiger partial charge in [-0.1, -0.05) is 49.2 Å². The van der Waals surface area contributed by atoms with Crippen LogP contribution in [0.1, 0.15) is 40.1 Å². The number of carbonyl (C=O) groups is 2. The van der Waals surface area contributed by atoms with Gasteiger partial charge in [0, 0.05) is 17.5 Å². The highest BCUT2D eigenvalue weighted by Crippen LogP contribution is 2.46. The zero-order valence-electron chi connectivity index (χ0n) is 16.5. The number of nitrogens with zero attached hydrogens (tertiary/aromatic N) is 1. The third-order valence-electron chi connectivity index (χ3n) is 4.81. The van der Waals surface area contributed by atoms with E-state index in [1.807, 2.05) is 18.2 Å². The van der Waals surface area contributed by atoms with E-state index in [9.17, 15) is 14.7 Å². The van der Waals surface area contributed by atoms with Crippen LogP contribution in [0.4, 0.5) is 5.00 Å². The van der Waals surface area contributed by atoms with Crippen molar-refractivity contribution < 1.29 is 14.7 Å². The molecular formula is C21H21Cl2N3O3S. The summed E-state index contributed by atoms with van der Waals surface area (Å²) in [4.78, 5) is 27.2. The van der Waals surface area contributed by atoms with E-state index in [4.69, 9.17) is 28.9 Å². The number of rotatable bonds is 7. The Morgan fingerprint density at radius 2 is 1.90 bits per heavy atom. The SMILES string of the molecule is CCN(CC)Cc1cccc(C(=O)Nc2sc3c(Cl)c(O)c(Cl)cc3c2C(N)=O)c1. The lowest BCUT2D eigenvalue weighted by molar-refractivity contribution is 0.100. The van der Waals surface area contributed by atoms with Crippen LogP contribution in [0.15, 0.2) is 30.3 Å². The van der Waals surface area contributed by atoms with Gasteiger partial charge in [0.2, 0.25) is 0 Å². The number of benzene rings is 2. The first-order valence-corrected chi connectivity index (χ1v) is 10.9. The maximum absolute atomic E-state index is 12.9. The van der Waals surface area contributed by atoms with Gasteiger partial charge < -0.3 is 16.2 Å². The minimum absolute atomic E-state index is 0.00483.